The number of aliphatic hydroxyl groups is 5. The van der Waals surface area contributed by atoms with Gasteiger partial charge in [0, 0.05) is 18.7 Å². The summed E-state index contributed by atoms with van der Waals surface area (Å²) < 4.78 is 18.1. The summed E-state index contributed by atoms with van der Waals surface area (Å²) in [4.78, 5) is 0. The van der Waals surface area contributed by atoms with Crippen molar-refractivity contribution in [1.29, 1.82) is 0 Å². The first kappa shape index (κ1) is 34.1. The van der Waals surface area contributed by atoms with Crippen LogP contribution in [0.1, 0.15) is 88.5 Å². The van der Waals surface area contributed by atoms with E-state index in [4.69, 9.17) is 25.7 Å². The highest BCUT2D eigenvalue weighted by atomic mass is 16.5. The third-order valence-corrected chi connectivity index (χ3v) is 7.92. The minimum absolute atomic E-state index is 0.0697. The van der Waals surface area contributed by atoms with Crippen molar-refractivity contribution in [2.75, 3.05) is 26.3 Å². The van der Waals surface area contributed by atoms with Crippen LogP contribution < -0.4 is 25.7 Å². The zero-order chi connectivity index (χ0) is 30.8. The summed E-state index contributed by atoms with van der Waals surface area (Å²) in [5.74, 6) is 1.09. The molecule has 2 aromatic carbocycles. The monoisotopic (exact) mass is 590 g/mol. The van der Waals surface area contributed by atoms with Gasteiger partial charge < -0.3 is 51.2 Å². The topological polar surface area (TPSA) is 181 Å². The van der Waals surface area contributed by atoms with E-state index >= 15 is 0 Å². The lowest BCUT2D eigenvalue weighted by atomic mass is 9.94. The van der Waals surface area contributed by atoms with Crippen molar-refractivity contribution in [3.63, 3.8) is 0 Å². The minimum atomic E-state index is -1.41. The van der Waals surface area contributed by atoms with Crippen molar-refractivity contribution < 1.29 is 39.7 Å². The molecule has 0 radical (unpaired) electrons. The van der Waals surface area contributed by atoms with Crippen LogP contribution in [0.5, 0.6) is 17.2 Å². The summed E-state index contributed by atoms with van der Waals surface area (Å²) in [6.07, 6.45) is 1.36. The summed E-state index contributed by atoms with van der Waals surface area (Å²) in [7, 11) is 0. The molecule has 0 bridgehead atoms. The standard InChI is InChI=1S/C32H50N2O8/c1-3-12-31(38,13-4-2)20-41-24-10-11-28(25(17-24)29(37)26(35)18-33)42-30(27(36)19-34)22-8-7-9-23(16-22)40-21-32(39)14-5-6-15-32/h7-11,16-17,26-27,29-30,35-39H,3-6,12-15,18-21,33-34H2,1-2H3/t26-,27-,29+,30+/m1/s1. The van der Waals surface area contributed by atoms with Crippen molar-refractivity contribution in [2.45, 2.75) is 101 Å². The van der Waals surface area contributed by atoms with Crippen LogP contribution >= 0.6 is 0 Å². The minimum Gasteiger partial charge on any atom is -0.491 e. The lowest BCUT2D eigenvalue weighted by Gasteiger charge is -2.29. The molecule has 1 fully saturated rings. The molecule has 4 atom stereocenters. The Kier molecular flexibility index (Phi) is 12.9. The van der Waals surface area contributed by atoms with Crippen LogP contribution in [0.2, 0.25) is 0 Å². The zero-order valence-electron chi connectivity index (χ0n) is 25.0. The Morgan fingerprint density at radius 1 is 0.881 bits per heavy atom. The Bertz CT molecular complexity index is 1090. The molecule has 236 valence electrons. The number of nitrogens with two attached hydrogens (primary N) is 2. The van der Waals surface area contributed by atoms with Crippen molar-refractivity contribution in [3.8, 4) is 17.2 Å². The van der Waals surface area contributed by atoms with Crippen molar-refractivity contribution in [3.05, 3.63) is 53.6 Å². The van der Waals surface area contributed by atoms with Gasteiger partial charge in [-0.1, -0.05) is 51.7 Å². The lowest BCUT2D eigenvalue weighted by Crippen LogP contribution is -2.35. The maximum Gasteiger partial charge on any atom is 0.151 e. The fourth-order valence-corrected chi connectivity index (χ4v) is 5.51. The number of rotatable bonds is 18. The molecule has 0 aromatic heterocycles. The summed E-state index contributed by atoms with van der Waals surface area (Å²) in [5.41, 5.74) is 10.4. The van der Waals surface area contributed by atoms with E-state index < -0.39 is 35.6 Å². The number of hydrogen-bond donors (Lipinski definition) is 7. The van der Waals surface area contributed by atoms with E-state index in [0.717, 1.165) is 25.7 Å². The predicted octanol–water partition coefficient (Wildman–Crippen LogP) is 2.87. The number of benzene rings is 2. The van der Waals surface area contributed by atoms with Gasteiger partial charge in [-0.2, -0.15) is 0 Å². The number of ether oxygens (including phenoxy) is 3. The van der Waals surface area contributed by atoms with E-state index in [-0.39, 0.29) is 37.6 Å². The molecule has 0 heterocycles. The molecule has 10 heteroatoms. The number of hydrogen-bond acceptors (Lipinski definition) is 10. The highest BCUT2D eigenvalue weighted by molar-refractivity contribution is 5.43. The van der Waals surface area contributed by atoms with Gasteiger partial charge >= 0.3 is 0 Å². The van der Waals surface area contributed by atoms with Gasteiger partial charge in [-0.3, -0.25) is 0 Å². The van der Waals surface area contributed by atoms with E-state index in [2.05, 4.69) is 0 Å². The molecular formula is C32H50N2O8. The fourth-order valence-electron chi connectivity index (χ4n) is 5.51. The first-order valence-electron chi connectivity index (χ1n) is 15.1. The van der Waals surface area contributed by atoms with E-state index in [1.54, 1.807) is 42.5 Å². The fraction of sp³-hybridized carbons (Fsp3) is 0.625. The molecule has 1 aliphatic carbocycles. The first-order chi connectivity index (χ1) is 20.1. The summed E-state index contributed by atoms with van der Waals surface area (Å²) in [5, 5.41) is 53.9. The number of aliphatic hydroxyl groups excluding tert-OH is 3. The van der Waals surface area contributed by atoms with Crippen LogP contribution in [0.4, 0.5) is 0 Å². The quantitative estimate of drug-likeness (QED) is 0.136. The van der Waals surface area contributed by atoms with E-state index in [1.807, 2.05) is 13.8 Å². The van der Waals surface area contributed by atoms with Crippen LogP contribution in [0.3, 0.4) is 0 Å². The SMILES string of the molecule is CCCC(O)(CCC)COc1ccc(O[C@@H](c2cccc(OCC3(O)CCCC3)c2)[C@H](O)CN)c([C@H](O)[C@H](O)CN)c1. The van der Waals surface area contributed by atoms with E-state index in [1.165, 1.54) is 0 Å². The van der Waals surface area contributed by atoms with Crippen LogP contribution in [0.15, 0.2) is 42.5 Å². The van der Waals surface area contributed by atoms with Crippen molar-refractivity contribution >= 4 is 0 Å². The van der Waals surface area contributed by atoms with Gasteiger partial charge in [-0.15, -0.1) is 0 Å². The Hall–Kier alpha value is -2.44. The van der Waals surface area contributed by atoms with Gasteiger partial charge in [0.05, 0.1) is 17.3 Å². The second-order valence-electron chi connectivity index (χ2n) is 11.6. The van der Waals surface area contributed by atoms with Crippen LogP contribution in [0, 0.1) is 0 Å². The molecule has 0 saturated heterocycles. The Labute approximate surface area is 249 Å². The highest BCUT2D eigenvalue weighted by Crippen LogP contribution is 2.37. The second-order valence-corrected chi connectivity index (χ2v) is 11.6. The third kappa shape index (κ3) is 9.28. The van der Waals surface area contributed by atoms with Gasteiger partial charge in [0.15, 0.2) is 6.10 Å². The van der Waals surface area contributed by atoms with E-state index in [0.29, 0.717) is 42.7 Å². The zero-order valence-corrected chi connectivity index (χ0v) is 25.0. The van der Waals surface area contributed by atoms with Crippen LogP contribution in [0.25, 0.3) is 0 Å². The van der Waals surface area contributed by atoms with Gasteiger partial charge in [0.1, 0.15) is 42.7 Å². The van der Waals surface area contributed by atoms with Crippen molar-refractivity contribution in [1.82, 2.24) is 0 Å². The van der Waals surface area contributed by atoms with Gasteiger partial charge in [0.2, 0.25) is 0 Å². The molecule has 9 N–H and O–H groups in total. The Morgan fingerprint density at radius 3 is 2.14 bits per heavy atom. The molecule has 3 rings (SSSR count). The lowest BCUT2D eigenvalue weighted by molar-refractivity contribution is -0.0205. The largest absolute Gasteiger partial charge is 0.491 e. The summed E-state index contributed by atoms with van der Waals surface area (Å²) in [6, 6.07) is 11.8. The van der Waals surface area contributed by atoms with Crippen molar-refractivity contribution in [2.24, 2.45) is 11.5 Å². The Morgan fingerprint density at radius 2 is 1.52 bits per heavy atom. The molecule has 0 spiro atoms. The smallest absolute Gasteiger partial charge is 0.151 e. The average molecular weight is 591 g/mol. The molecule has 10 nitrogen and oxygen atoms in total. The van der Waals surface area contributed by atoms with Gasteiger partial charge in [-0.25, -0.2) is 0 Å². The molecule has 0 aliphatic heterocycles. The first-order valence-corrected chi connectivity index (χ1v) is 15.1. The van der Waals surface area contributed by atoms with Gasteiger partial charge in [0.25, 0.3) is 0 Å². The average Bonchev–Trinajstić information content (AvgIpc) is 3.43. The Balaban J connectivity index is 1.88. The van der Waals surface area contributed by atoms with Crippen LogP contribution in [-0.4, -0.2) is 75.2 Å². The van der Waals surface area contributed by atoms with Crippen LogP contribution in [-0.2, 0) is 0 Å². The highest BCUT2D eigenvalue weighted by Gasteiger charge is 2.32. The third-order valence-electron chi connectivity index (χ3n) is 7.92. The molecular weight excluding hydrogens is 540 g/mol. The maximum atomic E-state index is 11.0. The molecule has 1 saturated carbocycles. The maximum absolute atomic E-state index is 11.0. The molecule has 0 amide bonds. The summed E-state index contributed by atoms with van der Waals surface area (Å²) in [6.45, 7) is 3.94. The second kappa shape index (κ2) is 15.9. The van der Waals surface area contributed by atoms with Gasteiger partial charge in [-0.05, 0) is 61.6 Å². The summed E-state index contributed by atoms with van der Waals surface area (Å²) >= 11 is 0. The predicted molar refractivity (Wildman–Crippen MR) is 161 cm³/mol. The molecule has 42 heavy (non-hydrogen) atoms. The van der Waals surface area contributed by atoms with E-state index in [9.17, 15) is 25.5 Å². The molecule has 1 aliphatic rings. The molecule has 2 aromatic rings. The normalized spacial score (nSPS) is 17.8. The molecule has 0 unspecified atom stereocenters.